The van der Waals surface area contributed by atoms with Crippen molar-refractivity contribution in [3.63, 3.8) is 0 Å². The number of nitriles is 1. The molecule has 1 amide bonds. The number of unbranched alkanes of at least 4 members (excludes halogenated alkanes) is 1. The van der Waals surface area contributed by atoms with E-state index in [0.29, 0.717) is 6.54 Å². The van der Waals surface area contributed by atoms with Crippen molar-refractivity contribution < 1.29 is 4.79 Å². The summed E-state index contributed by atoms with van der Waals surface area (Å²) in [5.41, 5.74) is 0.0770. The number of nitrogens with one attached hydrogen (secondary N) is 1. The number of nitrogens with zero attached hydrogens (tertiary/aromatic N) is 2. The van der Waals surface area contributed by atoms with Gasteiger partial charge in [0.25, 0.3) is 0 Å². The van der Waals surface area contributed by atoms with E-state index in [0.717, 1.165) is 25.9 Å². The Morgan fingerprint density at radius 1 is 1.59 bits per heavy atom. The Balaban J connectivity index is 2.80. The summed E-state index contributed by atoms with van der Waals surface area (Å²) in [6.45, 7) is 8.92. The summed E-state index contributed by atoms with van der Waals surface area (Å²) in [5, 5.41) is 11.8. The summed E-state index contributed by atoms with van der Waals surface area (Å²) in [4.78, 5) is 14.1. The molecule has 0 spiro atoms. The van der Waals surface area contributed by atoms with E-state index in [1.54, 1.807) is 0 Å². The Bertz CT molecular complexity index is 306. The predicted octanol–water partition coefficient (Wildman–Crippen LogP) is 1.53. The third-order valence-electron chi connectivity index (χ3n) is 3.20. The molecule has 0 bridgehead atoms. The fraction of sp³-hybridized carbons (Fsp3) is 0.846. The molecule has 0 aromatic heterocycles. The molecule has 17 heavy (non-hydrogen) atoms. The quantitative estimate of drug-likeness (QED) is 0.806. The summed E-state index contributed by atoms with van der Waals surface area (Å²) >= 11 is 0. The lowest BCUT2D eigenvalue weighted by Gasteiger charge is -2.31. The highest BCUT2D eigenvalue weighted by Gasteiger charge is 2.34. The summed E-state index contributed by atoms with van der Waals surface area (Å²) in [5.74, 6) is 0.00762. The van der Waals surface area contributed by atoms with Crippen molar-refractivity contribution in [3.8, 4) is 6.07 Å². The van der Waals surface area contributed by atoms with Gasteiger partial charge in [-0.1, -0.05) is 27.2 Å². The van der Waals surface area contributed by atoms with Gasteiger partial charge in [0, 0.05) is 13.1 Å². The molecular formula is C13H23N3O. The average molecular weight is 237 g/mol. The second-order valence-corrected chi connectivity index (χ2v) is 5.58. The number of carbonyl (C=O) groups is 1. The van der Waals surface area contributed by atoms with E-state index < -0.39 is 0 Å². The lowest BCUT2D eigenvalue weighted by molar-refractivity contribution is -0.125. The van der Waals surface area contributed by atoms with E-state index in [9.17, 15) is 4.79 Å². The van der Waals surface area contributed by atoms with Gasteiger partial charge in [-0.05, 0) is 18.4 Å². The fourth-order valence-corrected chi connectivity index (χ4v) is 2.23. The minimum Gasteiger partial charge on any atom is -0.354 e. The number of amides is 1. The van der Waals surface area contributed by atoms with Crippen LogP contribution in [0, 0.1) is 16.7 Å². The minimum absolute atomic E-state index is 0.00762. The molecule has 0 saturated carbocycles. The van der Waals surface area contributed by atoms with Gasteiger partial charge in [-0.15, -0.1) is 0 Å². The molecule has 4 heteroatoms. The van der Waals surface area contributed by atoms with Crippen LogP contribution in [0.15, 0.2) is 0 Å². The molecule has 0 radical (unpaired) electrons. The molecule has 1 N–H and O–H groups in total. The third-order valence-corrected chi connectivity index (χ3v) is 3.20. The second kappa shape index (κ2) is 6.02. The molecular weight excluding hydrogens is 214 g/mol. The highest BCUT2D eigenvalue weighted by atomic mass is 16.2. The maximum Gasteiger partial charge on any atom is 0.238 e. The van der Waals surface area contributed by atoms with Gasteiger partial charge in [-0.3, -0.25) is 9.69 Å². The largest absolute Gasteiger partial charge is 0.354 e. The first-order chi connectivity index (χ1) is 8.00. The van der Waals surface area contributed by atoms with Gasteiger partial charge in [-0.25, -0.2) is 0 Å². The van der Waals surface area contributed by atoms with Crippen molar-refractivity contribution in [2.45, 2.75) is 46.1 Å². The first-order valence-electron chi connectivity index (χ1n) is 6.39. The minimum atomic E-state index is -0.270. The Morgan fingerprint density at radius 2 is 2.29 bits per heavy atom. The predicted molar refractivity (Wildman–Crippen MR) is 67.3 cm³/mol. The molecule has 4 nitrogen and oxygen atoms in total. The summed E-state index contributed by atoms with van der Waals surface area (Å²) in [7, 11) is 0. The smallest absolute Gasteiger partial charge is 0.238 e. The van der Waals surface area contributed by atoms with Crippen molar-refractivity contribution in [1.82, 2.24) is 10.2 Å². The van der Waals surface area contributed by atoms with Crippen molar-refractivity contribution >= 4 is 5.91 Å². The highest BCUT2D eigenvalue weighted by Crippen LogP contribution is 2.22. The Labute approximate surface area is 104 Å². The van der Waals surface area contributed by atoms with Gasteiger partial charge in [0.15, 0.2) is 0 Å². The second-order valence-electron chi connectivity index (χ2n) is 5.58. The van der Waals surface area contributed by atoms with E-state index >= 15 is 0 Å². The van der Waals surface area contributed by atoms with Crippen LogP contribution in [0.25, 0.3) is 0 Å². The van der Waals surface area contributed by atoms with Crippen LogP contribution in [0.3, 0.4) is 0 Å². The van der Waals surface area contributed by atoms with Crippen LogP contribution in [0.1, 0.15) is 40.0 Å². The number of hydrogen-bond donors (Lipinski definition) is 1. The number of rotatable bonds is 4. The molecule has 0 aromatic rings. The SMILES string of the molecule is CCCCN1CC(C)(C)CNC(=O)C1CC#N. The standard InChI is InChI=1S/C13H23N3O/c1-4-5-8-16-10-13(2,3)9-15-12(17)11(16)6-7-14/h11H,4-6,8-10H2,1-3H3,(H,15,17). The average Bonchev–Trinajstić information content (AvgIpc) is 2.38. The lowest BCUT2D eigenvalue weighted by Crippen LogP contribution is -2.44. The highest BCUT2D eigenvalue weighted by molar-refractivity contribution is 5.82. The zero-order chi connectivity index (χ0) is 12.9. The monoisotopic (exact) mass is 237 g/mol. The van der Waals surface area contributed by atoms with Crippen molar-refractivity contribution in [2.24, 2.45) is 5.41 Å². The van der Waals surface area contributed by atoms with E-state index in [2.05, 4.69) is 37.1 Å². The van der Waals surface area contributed by atoms with Crippen LogP contribution >= 0.6 is 0 Å². The summed E-state index contributed by atoms with van der Waals surface area (Å²) in [6, 6.07) is 1.86. The molecule has 0 aliphatic carbocycles. The molecule has 1 heterocycles. The molecule has 1 aliphatic rings. The Kier molecular flexibility index (Phi) is 4.95. The zero-order valence-electron chi connectivity index (χ0n) is 11.1. The Hall–Kier alpha value is -1.08. The first kappa shape index (κ1) is 14.0. The molecule has 0 aromatic carbocycles. The van der Waals surface area contributed by atoms with Gasteiger partial charge in [0.05, 0.1) is 12.5 Å². The van der Waals surface area contributed by atoms with Gasteiger partial charge >= 0.3 is 0 Å². The molecule has 1 saturated heterocycles. The van der Waals surface area contributed by atoms with Crippen molar-refractivity contribution in [3.05, 3.63) is 0 Å². The molecule has 1 atom stereocenters. The van der Waals surface area contributed by atoms with Gasteiger partial charge in [-0.2, -0.15) is 5.26 Å². The topological polar surface area (TPSA) is 56.1 Å². The van der Waals surface area contributed by atoms with Gasteiger partial charge in [0.2, 0.25) is 5.91 Å². The first-order valence-corrected chi connectivity index (χ1v) is 6.39. The molecule has 1 rings (SSSR count). The lowest BCUT2D eigenvalue weighted by atomic mass is 9.93. The van der Waals surface area contributed by atoms with Crippen LogP contribution in [0.5, 0.6) is 0 Å². The van der Waals surface area contributed by atoms with Crippen LogP contribution in [-0.4, -0.2) is 36.5 Å². The van der Waals surface area contributed by atoms with Crippen LogP contribution in [-0.2, 0) is 4.79 Å². The molecule has 1 aliphatic heterocycles. The fourth-order valence-electron chi connectivity index (χ4n) is 2.23. The van der Waals surface area contributed by atoms with Crippen LogP contribution < -0.4 is 5.32 Å². The van der Waals surface area contributed by atoms with Crippen LogP contribution in [0.4, 0.5) is 0 Å². The van der Waals surface area contributed by atoms with Crippen molar-refractivity contribution in [2.75, 3.05) is 19.6 Å². The van der Waals surface area contributed by atoms with E-state index in [-0.39, 0.29) is 23.8 Å². The van der Waals surface area contributed by atoms with E-state index in [1.165, 1.54) is 0 Å². The van der Waals surface area contributed by atoms with E-state index in [4.69, 9.17) is 5.26 Å². The summed E-state index contributed by atoms with van der Waals surface area (Å²) in [6.07, 6.45) is 2.47. The van der Waals surface area contributed by atoms with Crippen LogP contribution in [0.2, 0.25) is 0 Å². The maximum absolute atomic E-state index is 12.0. The van der Waals surface area contributed by atoms with Gasteiger partial charge in [0.1, 0.15) is 6.04 Å². The molecule has 1 fully saturated rings. The number of carbonyl (C=O) groups excluding carboxylic acids is 1. The zero-order valence-corrected chi connectivity index (χ0v) is 11.1. The van der Waals surface area contributed by atoms with Gasteiger partial charge < -0.3 is 5.32 Å². The normalized spacial score (nSPS) is 24.8. The maximum atomic E-state index is 12.0. The Morgan fingerprint density at radius 3 is 2.88 bits per heavy atom. The van der Waals surface area contributed by atoms with Crippen molar-refractivity contribution in [1.29, 1.82) is 5.26 Å². The summed E-state index contributed by atoms with van der Waals surface area (Å²) < 4.78 is 0. The number of hydrogen-bond acceptors (Lipinski definition) is 3. The molecule has 1 unspecified atom stereocenters. The third kappa shape index (κ3) is 4.01. The molecule has 96 valence electrons. The van der Waals surface area contributed by atoms with E-state index in [1.807, 2.05) is 0 Å².